The Hall–Kier alpha value is -1.75. The van der Waals surface area contributed by atoms with Crippen molar-refractivity contribution in [1.29, 1.82) is 0 Å². The molecule has 0 aliphatic carbocycles. The summed E-state index contributed by atoms with van der Waals surface area (Å²) < 4.78 is 5.41. The van der Waals surface area contributed by atoms with Crippen LogP contribution < -0.4 is 15.4 Å². The maximum atomic E-state index is 11.4. The van der Waals surface area contributed by atoms with Gasteiger partial charge in [-0.3, -0.25) is 0 Å². The lowest BCUT2D eigenvalue weighted by Gasteiger charge is -2.15. The number of hydrogen-bond acceptors (Lipinski definition) is 3. The summed E-state index contributed by atoms with van der Waals surface area (Å²) in [6, 6.07) is 5.45. The molecule has 1 heterocycles. The predicted octanol–water partition coefficient (Wildman–Crippen LogP) is 1.36. The van der Waals surface area contributed by atoms with E-state index in [9.17, 15) is 9.90 Å². The van der Waals surface area contributed by atoms with E-state index in [1.165, 1.54) is 0 Å². The Bertz CT molecular complexity index is 460. The van der Waals surface area contributed by atoms with E-state index in [4.69, 9.17) is 4.74 Å². The molecule has 0 bridgehead atoms. The van der Waals surface area contributed by atoms with E-state index >= 15 is 0 Å². The van der Waals surface area contributed by atoms with Crippen LogP contribution in [0.3, 0.4) is 0 Å². The summed E-state index contributed by atoms with van der Waals surface area (Å²) in [5.41, 5.74) is 1.91. The first-order valence-corrected chi connectivity index (χ1v) is 6.54. The van der Waals surface area contributed by atoms with Crippen molar-refractivity contribution in [3.63, 3.8) is 0 Å². The standard InChI is InChI=1S/C14H20N2O3/c1-9(2)16-14(18)15-8-12(17)10-3-4-13-11(7-10)5-6-19-13/h3-4,7,9,12,17H,5-6,8H2,1-2H3,(H2,15,16,18)/t12-/m0/s1. The van der Waals surface area contributed by atoms with Crippen LogP contribution in [0.5, 0.6) is 5.75 Å². The van der Waals surface area contributed by atoms with Crippen molar-refractivity contribution >= 4 is 6.03 Å². The van der Waals surface area contributed by atoms with E-state index in [2.05, 4.69) is 10.6 Å². The highest BCUT2D eigenvalue weighted by Gasteiger charge is 2.16. The molecular formula is C14H20N2O3. The molecule has 0 radical (unpaired) electrons. The number of ether oxygens (including phenoxy) is 1. The number of fused-ring (bicyclic) bond motifs is 1. The van der Waals surface area contributed by atoms with Crippen molar-refractivity contribution in [2.75, 3.05) is 13.2 Å². The van der Waals surface area contributed by atoms with Gasteiger partial charge in [-0.05, 0) is 37.1 Å². The monoisotopic (exact) mass is 264 g/mol. The number of amides is 2. The van der Waals surface area contributed by atoms with Gasteiger partial charge in [-0.1, -0.05) is 6.07 Å². The highest BCUT2D eigenvalue weighted by Crippen LogP contribution is 2.27. The van der Waals surface area contributed by atoms with Crippen LogP contribution in [-0.4, -0.2) is 30.3 Å². The number of rotatable bonds is 4. The van der Waals surface area contributed by atoms with Crippen LogP contribution >= 0.6 is 0 Å². The van der Waals surface area contributed by atoms with Gasteiger partial charge in [-0.15, -0.1) is 0 Å². The number of hydrogen-bond donors (Lipinski definition) is 3. The summed E-state index contributed by atoms with van der Waals surface area (Å²) >= 11 is 0. The zero-order valence-electron chi connectivity index (χ0n) is 11.3. The average molecular weight is 264 g/mol. The lowest BCUT2D eigenvalue weighted by atomic mass is 10.0. The van der Waals surface area contributed by atoms with Crippen LogP contribution in [0.25, 0.3) is 0 Å². The molecule has 2 rings (SSSR count). The highest BCUT2D eigenvalue weighted by atomic mass is 16.5. The fourth-order valence-corrected chi connectivity index (χ4v) is 2.03. The Morgan fingerprint density at radius 3 is 3.00 bits per heavy atom. The zero-order chi connectivity index (χ0) is 13.8. The topological polar surface area (TPSA) is 70.6 Å². The van der Waals surface area contributed by atoms with Gasteiger partial charge in [0.1, 0.15) is 5.75 Å². The summed E-state index contributed by atoms with van der Waals surface area (Å²) in [4.78, 5) is 11.4. The maximum absolute atomic E-state index is 11.4. The second-order valence-electron chi connectivity index (χ2n) is 4.99. The first kappa shape index (κ1) is 13.7. The van der Waals surface area contributed by atoms with Gasteiger partial charge in [0, 0.05) is 19.0 Å². The Balaban J connectivity index is 1.89. The van der Waals surface area contributed by atoms with Crippen LogP contribution in [0.4, 0.5) is 4.79 Å². The Kier molecular flexibility index (Phi) is 4.27. The molecular weight excluding hydrogens is 244 g/mol. The van der Waals surface area contributed by atoms with Crippen molar-refractivity contribution in [3.05, 3.63) is 29.3 Å². The molecule has 19 heavy (non-hydrogen) atoms. The van der Waals surface area contributed by atoms with Crippen molar-refractivity contribution < 1.29 is 14.6 Å². The first-order chi connectivity index (χ1) is 9.06. The van der Waals surface area contributed by atoms with Gasteiger partial charge < -0.3 is 20.5 Å². The minimum atomic E-state index is -0.705. The summed E-state index contributed by atoms with van der Waals surface area (Å²) in [5.74, 6) is 0.890. The van der Waals surface area contributed by atoms with Crippen LogP contribution in [-0.2, 0) is 6.42 Å². The average Bonchev–Trinajstić information content (AvgIpc) is 2.82. The van der Waals surface area contributed by atoms with Gasteiger partial charge in [0.05, 0.1) is 12.7 Å². The molecule has 1 aliphatic heterocycles. The molecule has 0 saturated heterocycles. The molecule has 2 amide bonds. The number of aliphatic hydroxyl groups excluding tert-OH is 1. The first-order valence-electron chi connectivity index (χ1n) is 6.54. The number of carbonyl (C=O) groups excluding carboxylic acids is 1. The van der Waals surface area contributed by atoms with E-state index in [1.54, 1.807) is 0 Å². The van der Waals surface area contributed by atoms with Crippen molar-refractivity contribution in [2.24, 2.45) is 0 Å². The summed E-state index contributed by atoms with van der Waals surface area (Å²) in [5, 5.41) is 15.4. The second kappa shape index (κ2) is 5.93. The maximum Gasteiger partial charge on any atom is 0.315 e. The lowest BCUT2D eigenvalue weighted by molar-refractivity contribution is 0.172. The summed E-state index contributed by atoms with van der Waals surface area (Å²) in [6.07, 6.45) is 0.167. The van der Waals surface area contributed by atoms with E-state index in [0.29, 0.717) is 6.61 Å². The van der Waals surface area contributed by atoms with E-state index in [1.807, 2.05) is 32.0 Å². The molecule has 5 heteroatoms. The van der Waals surface area contributed by atoms with Gasteiger partial charge in [-0.25, -0.2) is 4.79 Å². The van der Waals surface area contributed by atoms with E-state index in [-0.39, 0.29) is 18.6 Å². The van der Waals surface area contributed by atoms with E-state index in [0.717, 1.165) is 23.3 Å². The minimum absolute atomic E-state index is 0.0780. The van der Waals surface area contributed by atoms with Crippen LogP contribution in [0.2, 0.25) is 0 Å². The Morgan fingerprint density at radius 1 is 1.47 bits per heavy atom. The molecule has 104 valence electrons. The number of nitrogens with one attached hydrogen (secondary N) is 2. The minimum Gasteiger partial charge on any atom is -0.493 e. The summed E-state index contributed by atoms with van der Waals surface area (Å²) in [6.45, 7) is 4.66. The quantitative estimate of drug-likeness (QED) is 0.769. The second-order valence-corrected chi connectivity index (χ2v) is 4.99. The van der Waals surface area contributed by atoms with Gasteiger partial charge in [0.2, 0.25) is 0 Å². The van der Waals surface area contributed by atoms with Crippen molar-refractivity contribution in [3.8, 4) is 5.75 Å². The van der Waals surface area contributed by atoms with Gasteiger partial charge in [0.25, 0.3) is 0 Å². The smallest absolute Gasteiger partial charge is 0.315 e. The number of benzene rings is 1. The predicted molar refractivity (Wildman–Crippen MR) is 72.3 cm³/mol. The summed E-state index contributed by atoms with van der Waals surface area (Å²) in [7, 11) is 0. The zero-order valence-corrected chi connectivity index (χ0v) is 11.3. The molecule has 1 aromatic carbocycles. The molecule has 0 spiro atoms. The molecule has 3 N–H and O–H groups in total. The lowest BCUT2D eigenvalue weighted by Crippen LogP contribution is -2.41. The third kappa shape index (κ3) is 3.61. The SMILES string of the molecule is CC(C)NC(=O)NC[C@H](O)c1ccc2c(c1)CCO2. The fraction of sp³-hybridized carbons (Fsp3) is 0.500. The molecule has 5 nitrogen and oxygen atoms in total. The third-order valence-corrected chi connectivity index (χ3v) is 2.97. The molecule has 0 unspecified atom stereocenters. The fourth-order valence-electron chi connectivity index (χ4n) is 2.03. The van der Waals surface area contributed by atoms with Gasteiger partial charge in [0.15, 0.2) is 0 Å². The molecule has 1 aromatic rings. The molecule has 0 aromatic heterocycles. The Morgan fingerprint density at radius 2 is 2.26 bits per heavy atom. The van der Waals surface area contributed by atoms with Crippen LogP contribution in [0.1, 0.15) is 31.1 Å². The molecule has 0 fully saturated rings. The Labute approximate surface area is 113 Å². The normalized spacial score (nSPS) is 14.7. The largest absolute Gasteiger partial charge is 0.493 e. The van der Waals surface area contributed by atoms with E-state index < -0.39 is 6.10 Å². The van der Waals surface area contributed by atoms with Crippen LogP contribution in [0.15, 0.2) is 18.2 Å². The molecule has 1 atom stereocenters. The molecule has 0 saturated carbocycles. The van der Waals surface area contributed by atoms with Crippen molar-refractivity contribution in [2.45, 2.75) is 32.4 Å². The van der Waals surface area contributed by atoms with Gasteiger partial charge >= 0.3 is 6.03 Å². The van der Waals surface area contributed by atoms with Crippen LogP contribution in [0, 0.1) is 0 Å². The highest BCUT2D eigenvalue weighted by molar-refractivity contribution is 5.74. The van der Waals surface area contributed by atoms with Gasteiger partial charge in [-0.2, -0.15) is 0 Å². The number of aliphatic hydroxyl groups is 1. The molecule has 1 aliphatic rings. The number of carbonyl (C=O) groups is 1. The third-order valence-electron chi connectivity index (χ3n) is 2.97. The number of urea groups is 1. The van der Waals surface area contributed by atoms with Crippen molar-refractivity contribution in [1.82, 2.24) is 10.6 Å².